The fourth-order valence-corrected chi connectivity index (χ4v) is 4.90. The SMILES string of the molecule is COCC(=O)Nc1ccc2c(c1)C(=O)N(C)C[C@@H](OC)[C@H](C)CN(C(=O)C1CCCC1)[C@H](C)CO2. The lowest BCUT2D eigenvalue weighted by Gasteiger charge is -2.37. The molecule has 1 aromatic rings. The average molecular weight is 490 g/mol. The van der Waals surface area contributed by atoms with Crippen LogP contribution in [0.4, 0.5) is 5.69 Å². The van der Waals surface area contributed by atoms with E-state index in [-0.39, 0.29) is 54.9 Å². The zero-order chi connectivity index (χ0) is 25.5. The van der Waals surface area contributed by atoms with E-state index in [1.54, 1.807) is 37.3 Å². The molecule has 35 heavy (non-hydrogen) atoms. The van der Waals surface area contributed by atoms with Crippen molar-refractivity contribution < 1.29 is 28.6 Å². The molecule has 1 N–H and O–H groups in total. The highest BCUT2D eigenvalue weighted by Crippen LogP contribution is 2.30. The van der Waals surface area contributed by atoms with Crippen LogP contribution >= 0.6 is 0 Å². The number of carbonyl (C=O) groups is 3. The maximum atomic E-state index is 13.4. The summed E-state index contributed by atoms with van der Waals surface area (Å²) in [5.41, 5.74) is 0.817. The van der Waals surface area contributed by atoms with Crippen LogP contribution in [0, 0.1) is 11.8 Å². The Kier molecular flexibility index (Phi) is 9.51. The minimum absolute atomic E-state index is 0.0154. The molecular weight excluding hydrogens is 450 g/mol. The van der Waals surface area contributed by atoms with Gasteiger partial charge in [0.05, 0.1) is 17.7 Å². The largest absolute Gasteiger partial charge is 0.491 e. The highest BCUT2D eigenvalue weighted by atomic mass is 16.5. The van der Waals surface area contributed by atoms with Crippen LogP contribution in [0.2, 0.25) is 0 Å². The molecule has 1 aromatic carbocycles. The number of carbonyl (C=O) groups excluding carboxylic acids is 3. The van der Waals surface area contributed by atoms with E-state index in [2.05, 4.69) is 12.2 Å². The molecule has 3 rings (SSSR count). The first-order chi connectivity index (χ1) is 16.7. The number of likely N-dealkylation sites (N-methyl/N-ethyl adjacent to an activating group) is 1. The summed E-state index contributed by atoms with van der Waals surface area (Å²) >= 11 is 0. The summed E-state index contributed by atoms with van der Waals surface area (Å²) in [6.07, 6.45) is 3.80. The minimum atomic E-state index is -0.315. The highest BCUT2D eigenvalue weighted by Gasteiger charge is 2.34. The Morgan fingerprint density at radius 3 is 2.51 bits per heavy atom. The summed E-state index contributed by atoms with van der Waals surface area (Å²) in [5, 5.41) is 2.74. The lowest BCUT2D eigenvalue weighted by atomic mass is 9.99. The number of nitrogens with one attached hydrogen (secondary N) is 1. The van der Waals surface area contributed by atoms with Gasteiger partial charge in [0.1, 0.15) is 19.0 Å². The van der Waals surface area contributed by atoms with E-state index in [4.69, 9.17) is 14.2 Å². The zero-order valence-electron chi connectivity index (χ0n) is 21.5. The van der Waals surface area contributed by atoms with Gasteiger partial charge in [-0.15, -0.1) is 0 Å². The highest BCUT2D eigenvalue weighted by molar-refractivity contribution is 5.99. The minimum Gasteiger partial charge on any atom is -0.491 e. The van der Waals surface area contributed by atoms with Crippen molar-refractivity contribution in [3.05, 3.63) is 23.8 Å². The van der Waals surface area contributed by atoms with Gasteiger partial charge in [-0.25, -0.2) is 0 Å². The van der Waals surface area contributed by atoms with Gasteiger partial charge in [0.25, 0.3) is 5.91 Å². The Hall–Kier alpha value is -2.65. The molecular formula is C26H39N3O6. The molecule has 0 aromatic heterocycles. The molecule has 0 spiro atoms. The van der Waals surface area contributed by atoms with Gasteiger partial charge in [-0.1, -0.05) is 19.8 Å². The smallest absolute Gasteiger partial charge is 0.257 e. The third-order valence-electron chi connectivity index (χ3n) is 6.99. The Morgan fingerprint density at radius 1 is 1.14 bits per heavy atom. The molecule has 1 heterocycles. The average Bonchev–Trinajstić information content (AvgIpc) is 3.38. The van der Waals surface area contributed by atoms with Gasteiger partial charge >= 0.3 is 0 Å². The molecule has 2 aliphatic rings. The summed E-state index contributed by atoms with van der Waals surface area (Å²) < 4.78 is 16.8. The van der Waals surface area contributed by atoms with E-state index in [9.17, 15) is 14.4 Å². The molecule has 3 amide bonds. The summed E-state index contributed by atoms with van der Waals surface area (Å²) in [6, 6.07) is 4.81. The molecule has 1 fully saturated rings. The molecule has 0 radical (unpaired) electrons. The predicted octanol–water partition coefficient (Wildman–Crippen LogP) is 2.79. The van der Waals surface area contributed by atoms with Crippen LogP contribution in [-0.4, -0.2) is 87.2 Å². The maximum absolute atomic E-state index is 13.4. The number of rotatable bonds is 5. The number of nitrogens with zero attached hydrogens (tertiary/aromatic N) is 2. The second-order valence-electron chi connectivity index (χ2n) is 9.76. The number of methoxy groups -OCH3 is 2. The van der Waals surface area contributed by atoms with Crippen molar-refractivity contribution in [2.45, 2.75) is 51.7 Å². The second-order valence-corrected chi connectivity index (χ2v) is 9.76. The first-order valence-corrected chi connectivity index (χ1v) is 12.4. The van der Waals surface area contributed by atoms with Gasteiger partial charge in [0, 0.05) is 51.9 Å². The third kappa shape index (κ3) is 6.73. The first-order valence-electron chi connectivity index (χ1n) is 12.4. The Labute approximate surface area is 208 Å². The van der Waals surface area contributed by atoms with Crippen molar-refractivity contribution in [3.63, 3.8) is 0 Å². The first kappa shape index (κ1) is 26.9. The molecule has 9 heteroatoms. The van der Waals surface area contributed by atoms with Gasteiger partial charge in [0.2, 0.25) is 11.8 Å². The summed E-state index contributed by atoms with van der Waals surface area (Å²) in [6.45, 7) is 5.10. The quantitative estimate of drug-likeness (QED) is 0.683. The van der Waals surface area contributed by atoms with Crippen molar-refractivity contribution in [3.8, 4) is 5.75 Å². The summed E-state index contributed by atoms with van der Waals surface area (Å²) in [4.78, 5) is 42.4. The van der Waals surface area contributed by atoms with Crippen LogP contribution in [0.15, 0.2) is 18.2 Å². The van der Waals surface area contributed by atoms with Crippen molar-refractivity contribution >= 4 is 23.4 Å². The van der Waals surface area contributed by atoms with E-state index in [1.807, 2.05) is 11.8 Å². The molecule has 0 bridgehead atoms. The molecule has 1 aliphatic heterocycles. The van der Waals surface area contributed by atoms with E-state index < -0.39 is 0 Å². The molecule has 3 atom stereocenters. The molecule has 194 valence electrons. The normalized spacial score (nSPS) is 24.3. The van der Waals surface area contributed by atoms with Gasteiger partial charge in [0.15, 0.2) is 0 Å². The van der Waals surface area contributed by atoms with Gasteiger partial charge < -0.3 is 29.3 Å². The number of anilines is 1. The van der Waals surface area contributed by atoms with Gasteiger partial charge in [-0.3, -0.25) is 14.4 Å². The van der Waals surface area contributed by atoms with Crippen molar-refractivity contribution in [2.24, 2.45) is 11.8 Å². The van der Waals surface area contributed by atoms with E-state index >= 15 is 0 Å². The van der Waals surface area contributed by atoms with Gasteiger partial charge in [-0.2, -0.15) is 0 Å². The molecule has 9 nitrogen and oxygen atoms in total. The number of fused-ring (bicyclic) bond motifs is 1. The van der Waals surface area contributed by atoms with E-state index in [0.29, 0.717) is 30.1 Å². The van der Waals surface area contributed by atoms with Crippen molar-refractivity contribution in [1.82, 2.24) is 9.80 Å². The zero-order valence-corrected chi connectivity index (χ0v) is 21.5. The summed E-state index contributed by atoms with van der Waals surface area (Å²) in [7, 11) is 4.80. The lowest BCUT2D eigenvalue weighted by Crippen LogP contribution is -2.50. The van der Waals surface area contributed by atoms with Crippen LogP contribution in [-0.2, 0) is 19.1 Å². The number of hydrogen-bond acceptors (Lipinski definition) is 6. The monoisotopic (exact) mass is 489 g/mol. The van der Waals surface area contributed by atoms with E-state index in [0.717, 1.165) is 25.7 Å². The number of hydrogen-bond donors (Lipinski definition) is 1. The van der Waals surface area contributed by atoms with Crippen LogP contribution < -0.4 is 10.1 Å². The fraction of sp³-hybridized carbons (Fsp3) is 0.654. The number of ether oxygens (including phenoxy) is 3. The maximum Gasteiger partial charge on any atom is 0.257 e. The Morgan fingerprint density at radius 2 is 1.86 bits per heavy atom. The van der Waals surface area contributed by atoms with Crippen LogP contribution in [0.1, 0.15) is 49.9 Å². The third-order valence-corrected chi connectivity index (χ3v) is 6.99. The van der Waals surface area contributed by atoms with Gasteiger partial charge in [-0.05, 0) is 38.0 Å². The molecule has 0 unspecified atom stereocenters. The van der Waals surface area contributed by atoms with Crippen molar-refractivity contribution in [1.29, 1.82) is 0 Å². The van der Waals surface area contributed by atoms with Crippen LogP contribution in [0.25, 0.3) is 0 Å². The standard InChI is InChI=1S/C26H39N3O6/c1-17-13-29(25(31)19-8-6-7-9-19)18(2)15-35-22-11-10-20(27-24(30)16-33-4)12-21(22)26(32)28(3)14-23(17)34-5/h10-12,17-19,23H,6-9,13-16H2,1-5H3,(H,27,30)/t17-,18-,23-/m1/s1. The van der Waals surface area contributed by atoms with Crippen LogP contribution in [0.5, 0.6) is 5.75 Å². The van der Waals surface area contributed by atoms with Crippen LogP contribution in [0.3, 0.4) is 0 Å². The topological polar surface area (TPSA) is 97.4 Å². The Balaban J connectivity index is 1.92. The lowest BCUT2D eigenvalue weighted by molar-refractivity contribution is -0.139. The number of benzene rings is 1. The Bertz CT molecular complexity index is 901. The molecule has 0 saturated heterocycles. The molecule has 1 aliphatic carbocycles. The van der Waals surface area contributed by atoms with E-state index in [1.165, 1.54) is 7.11 Å². The second kappa shape index (κ2) is 12.4. The number of amides is 3. The summed E-state index contributed by atoms with van der Waals surface area (Å²) in [5.74, 6) is 0.122. The molecule has 1 saturated carbocycles. The predicted molar refractivity (Wildman–Crippen MR) is 132 cm³/mol. The fourth-order valence-electron chi connectivity index (χ4n) is 4.90. The van der Waals surface area contributed by atoms with Crippen molar-refractivity contribution in [2.75, 3.05) is 52.9 Å².